The lowest BCUT2D eigenvalue weighted by atomic mass is 9.78. The lowest BCUT2D eigenvalue weighted by Crippen LogP contribution is -2.41. The van der Waals surface area contributed by atoms with E-state index in [-0.39, 0.29) is 18.3 Å². The second-order valence-corrected chi connectivity index (χ2v) is 7.86. The number of benzene rings is 1. The first kappa shape index (κ1) is 16.8. The van der Waals surface area contributed by atoms with Crippen LogP contribution in [0.5, 0.6) is 5.75 Å². The van der Waals surface area contributed by atoms with Crippen LogP contribution in [0.2, 0.25) is 0 Å². The van der Waals surface area contributed by atoms with Crippen molar-refractivity contribution in [1.29, 1.82) is 0 Å². The molecule has 3 nitrogen and oxygen atoms in total. The van der Waals surface area contributed by atoms with Gasteiger partial charge in [0.15, 0.2) is 0 Å². The summed E-state index contributed by atoms with van der Waals surface area (Å²) in [6.07, 6.45) is 4.78. The summed E-state index contributed by atoms with van der Waals surface area (Å²) in [7, 11) is -0.290. The normalized spacial score (nSPS) is 22.4. The molecule has 0 amide bonds. The molecule has 1 aliphatic heterocycles. The Labute approximate surface area is 140 Å². The van der Waals surface area contributed by atoms with Crippen LogP contribution in [0, 0.1) is 0 Å². The lowest BCUT2D eigenvalue weighted by Gasteiger charge is -2.32. The zero-order valence-corrected chi connectivity index (χ0v) is 15.1. The molecule has 126 valence electrons. The van der Waals surface area contributed by atoms with Crippen molar-refractivity contribution in [1.82, 2.24) is 0 Å². The van der Waals surface area contributed by atoms with Crippen molar-refractivity contribution in [2.24, 2.45) is 0 Å². The van der Waals surface area contributed by atoms with Gasteiger partial charge >= 0.3 is 7.12 Å². The van der Waals surface area contributed by atoms with Crippen LogP contribution < -0.4 is 10.2 Å². The summed E-state index contributed by atoms with van der Waals surface area (Å²) in [4.78, 5) is 0. The second-order valence-electron chi connectivity index (χ2n) is 7.86. The maximum absolute atomic E-state index is 6.18. The summed E-state index contributed by atoms with van der Waals surface area (Å²) < 4.78 is 18.4. The van der Waals surface area contributed by atoms with Crippen LogP contribution in [0.15, 0.2) is 18.2 Å². The Morgan fingerprint density at radius 1 is 1.13 bits per heavy atom. The zero-order chi connectivity index (χ0) is 16.7. The van der Waals surface area contributed by atoms with Gasteiger partial charge in [-0.1, -0.05) is 25.5 Å². The molecule has 1 saturated heterocycles. The molecular weight excluding hydrogens is 287 g/mol. The van der Waals surface area contributed by atoms with Crippen LogP contribution in [-0.4, -0.2) is 24.9 Å². The van der Waals surface area contributed by atoms with E-state index in [0.29, 0.717) is 5.92 Å². The van der Waals surface area contributed by atoms with Gasteiger partial charge in [0.25, 0.3) is 0 Å². The predicted molar refractivity (Wildman–Crippen MR) is 94.5 cm³/mol. The Morgan fingerprint density at radius 3 is 2.35 bits per heavy atom. The van der Waals surface area contributed by atoms with Crippen LogP contribution in [0.3, 0.4) is 0 Å². The highest BCUT2D eigenvalue weighted by molar-refractivity contribution is 6.62. The molecule has 4 heteroatoms. The number of hydrogen-bond donors (Lipinski definition) is 0. The van der Waals surface area contributed by atoms with E-state index in [2.05, 4.69) is 52.8 Å². The maximum Gasteiger partial charge on any atom is 0.494 e. The van der Waals surface area contributed by atoms with Gasteiger partial charge in [0.05, 0.1) is 17.8 Å². The van der Waals surface area contributed by atoms with Crippen molar-refractivity contribution >= 4 is 12.6 Å². The standard InChI is InChI=1S/C19H29BO3/c1-6-7-12-21-17-11-10-15(13-16(17)14-8-9-14)20-22-18(2,3)19(4,5)23-20/h10-11,13-14H,6-9,12H2,1-5H3. The Kier molecular flexibility index (Phi) is 4.50. The smallest absolute Gasteiger partial charge is 0.493 e. The molecule has 0 N–H and O–H groups in total. The molecule has 1 aliphatic carbocycles. The van der Waals surface area contributed by atoms with Gasteiger partial charge in [-0.2, -0.15) is 0 Å². The minimum Gasteiger partial charge on any atom is -0.493 e. The molecule has 23 heavy (non-hydrogen) atoms. The number of rotatable bonds is 6. The molecule has 3 rings (SSSR count). The summed E-state index contributed by atoms with van der Waals surface area (Å²) in [5.41, 5.74) is 1.84. The van der Waals surface area contributed by atoms with Gasteiger partial charge in [-0.3, -0.25) is 0 Å². The van der Waals surface area contributed by atoms with Crippen molar-refractivity contribution in [3.63, 3.8) is 0 Å². The van der Waals surface area contributed by atoms with Crippen molar-refractivity contribution in [2.75, 3.05) is 6.61 Å². The van der Waals surface area contributed by atoms with E-state index in [9.17, 15) is 0 Å². The third-order valence-electron chi connectivity index (χ3n) is 5.33. The largest absolute Gasteiger partial charge is 0.494 e. The molecule has 1 aromatic rings. The van der Waals surface area contributed by atoms with E-state index < -0.39 is 0 Å². The number of unbranched alkanes of at least 4 members (excludes halogenated alkanes) is 1. The highest BCUT2D eigenvalue weighted by atomic mass is 16.7. The highest BCUT2D eigenvalue weighted by Gasteiger charge is 2.51. The predicted octanol–water partition coefficient (Wildman–Crippen LogP) is 4.04. The molecule has 2 aliphatic rings. The molecule has 1 saturated carbocycles. The Hall–Kier alpha value is -0.995. The van der Waals surface area contributed by atoms with Gasteiger partial charge < -0.3 is 14.0 Å². The Balaban J connectivity index is 1.80. The average molecular weight is 316 g/mol. The zero-order valence-electron chi connectivity index (χ0n) is 15.1. The first-order chi connectivity index (χ1) is 10.8. The molecule has 1 aromatic carbocycles. The molecule has 0 atom stereocenters. The summed E-state index contributed by atoms with van der Waals surface area (Å²) in [5, 5.41) is 0. The van der Waals surface area contributed by atoms with Crippen LogP contribution in [0.1, 0.15) is 71.8 Å². The fourth-order valence-electron chi connectivity index (χ4n) is 2.86. The summed E-state index contributed by atoms with van der Waals surface area (Å²) >= 11 is 0. The van der Waals surface area contributed by atoms with E-state index in [1.165, 1.54) is 18.4 Å². The molecule has 0 aromatic heterocycles. The average Bonchev–Trinajstić information content (AvgIpc) is 3.27. The monoisotopic (exact) mass is 316 g/mol. The van der Waals surface area contributed by atoms with Crippen LogP contribution in [0.4, 0.5) is 0 Å². The first-order valence-corrected chi connectivity index (χ1v) is 8.96. The fraction of sp³-hybridized carbons (Fsp3) is 0.684. The second kappa shape index (κ2) is 6.14. The van der Waals surface area contributed by atoms with Crippen molar-refractivity contribution in [2.45, 2.75) is 77.4 Å². The summed E-state index contributed by atoms with van der Waals surface area (Å²) in [6.45, 7) is 11.4. The molecular formula is C19H29BO3. The third kappa shape index (κ3) is 3.43. The summed E-state index contributed by atoms with van der Waals surface area (Å²) in [5.74, 6) is 1.69. The number of hydrogen-bond acceptors (Lipinski definition) is 3. The maximum atomic E-state index is 6.18. The molecule has 0 radical (unpaired) electrons. The van der Waals surface area contributed by atoms with Gasteiger partial charge in [0.2, 0.25) is 0 Å². The third-order valence-corrected chi connectivity index (χ3v) is 5.33. The van der Waals surface area contributed by atoms with Crippen LogP contribution >= 0.6 is 0 Å². The summed E-state index contributed by atoms with van der Waals surface area (Å²) in [6, 6.07) is 6.43. The fourth-order valence-corrected chi connectivity index (χ4v) is 2.86. The van der Waals surface area contributed by atoms with Crippen LogP contribution in [0.25, 0.3) is 0 Å². The van der Waals surface area contributed by atoms with E-state index in [1.807, 2.05) is 0 Å². The first-order valence-electron chi connectivity index (χ1n) is 8.96. The highest BCUT2D eigenvalue weighted by Crippen LogP contribution is 2.44. The van der Waals surface area contributed by atoms with Crippen molar-refractivity contribution in [3.8, 4) is 5.75 Å². The minimum atomic E-state index is -0.298. The van der Waals surface area contributed by atoms with Gasteiger partial charge in [0.1, 0.15) is 5.75 Å². The topological polar surface area (TPSA) is 27.7 Å². The van der Waals surface area contributed by atoms with Gasteiger partial charge in [-0.05, 0) is 70.0 Å². The molecule has 0 bridgehead atoms. The molecule has 1 heterocycles. The molecule has 0 spiro atoms. The van der Waals surface area contributed by atoms with E-state index >= 15 is 0 Å². The molecule has 2 fully saturated rings. The van der Waals surface area contributed by atoms with E-state index in [1.54, 1.807) is 0 Å². The Morgan fingerprint density at radius 2 is 1.78 bits per heavy atom. The van der Waals surface area contributed by atoms with Crippen molar-refractivity contribution in [3.05, 3.63) is 23.8 Å². The minimum absolute atomic E-state index is 0.290. The molecule has 0 unspecified atom stereocenters. The number of ether oxygens (including phenoxy) is 1. The quantitative estimate of drug-likeness (QED) is 0.585. The SMILES string of the molecule is CCCCOc1ccc(B2OC(C)(C)C(C)(C)O2)cc1C1CC1. The lowest BCUT2D eigenvalue weighted by molar-refractivity contribution is 0.00578. The van der Waals surface area contributed by atoms with Crippen molar-refractivity contribution < 1.29 is 14.0 Å². The Bertz CT molecular complexity index is 548. The van der Waals surface area contributed by atoms with Gasteiger partial charge in [-0.15, -0.1) is 0 Å². The van der Waals surface area contributed by atoms with E-state index in [0.717, 1.165) is 30.7 Å². The van der Waals surface area contributed by atoms with Gasteiger partial charge in [-0.25, -0.2) is 0 Å². The van der Waals surface area contributed by atoms with E-state index in [4.69, 9.17) is 14.0 Å². The van der Waals surface area contributed by atoms with Gasteiger partial charge in [0, 0.05) is 0 Å². The van der Waals surface area contributed by atoms with Crippen LogP contribution in [-0.2, 0) is 9.31 Å².